The molecular weight excluding hydrogens is 398 g/mol. The molecule has 2 aromatic carbocycles. The Labute approximate surface area is 141 Å². The van der Waals surface area contributed by atoms with Crippen molar-refractivity contribution in [1.29, 1.82) is 0 Å². The van der Waals surface area contributed by atoms with E-state index in [0.29, 0.717) is 6.61 Å². The van der Waals surface area contributed by atoms with Gasteiger partial charge in [-0.1, -0.05) is 24.3 Å². The number of ether oxygens (including phenoxy) is 2. The first-order valence-corrected chi connectivity index (χ1v) is 8.11. The Morgan fingerprint density at radius 2 is 1.67 bits per heavy atom. The maximum absolute atomic E-state index is 5.88. The monoisotopic (exact) mass is 413 g/mol. The maximum atomic E-state index is 5.88. The van der Waals surface area contributed by atoms with E-state index in [-0.39, 0.29) is 0 Å². The second kappa shape index (κ2) is 7.82. The highest BCUT2D eigenvalue weighted by Crippen LogP contribution is 2.36. The molecular formula is C16H17Br2NO2. The van der Waals surface area contributed by atoms with Gasteiger partial charge in [0, 0.05) is 6.54 Å². The zero-order valence-corrected chi connectivity index (χ0v) is 15.1. The van der Waals surface area contributed by atoms with Crippen LogP contribution in [0.2, 0.25) is 0 Å². The molecule has 1 N–H and O–H groups in total. The van der Waals surface area contributed by atoms with Crippen molar-refractivity contribution in [3.05, 3.63) is 56.5 Å². The van der Waals surface area contributed by atoms with Gasteiger partial charge in [-0.2, -0.15) is 0 Å². The normalized spacial score (nSPS) is 10.5. The summed E-state index contributed by atoms with van der Waals surface area (Å²) in [6, 6.07) is 12.1. The van der Waals surface area contributed by atoms with Gasteiger partial charge in [-0.05, 0) is 62.2 Å². The lowest BCUT2D eigenvalue weighted by molar-refractivity contribution is 0.303. The lowest BCUT2D eigenvalue weighted by Crippen LogP contribution is -2.05. The van der Waals surface area contributed by atoms with Crippen molar-refractivity contribution in [2.24, 2.45) is 0 Å². The van der Waals surface area contributed by atoms with Crippen molar-refractivity contribution < 1.29 is 9.47 Å². The van der Waals surface area contributed by atoms with Gasteiger partial charge in [0.1, 0.15) is 18.1 Å². The zero-order chi connectivity index (χ0) is 15.2. The highest BCUT2D eigenvalue weighted by atomic mass is 79.9. The van der Waals surface area contributed by atoms with Gasteiger partial charge in [-0.25, -0.2) is 0 Å². The summed E-state index contributed by atoms with van der Waals surface area (Å²) < 4.78 is 12.9. The van der Waals surface area contributed by atoms with Gasteiger partial charge in [-0.3, -0.25) is 0 Å². The minimum absolute atomic E-state index is 0.523. The van der Waals surface area contributed by atoms with E-state index in [1.807, 2.05) is 25.2 Å². The molecule has 5 heteroatoms. The minimum atomic E-state index is 0.523. The molecule has 0 aliphatic rings. The molecule has 3 nitrogen and oxygen atoms in total. The molecule has 0 unspecified atom stereocenters. The second-order valence-electron chi connectivity index (χ2n) is 4.56. The van der Waals surface area contributed by atoms with Crippen molar-refractivity contribution in [3.8, 4) is 11.5 Å². The second-order valence-corrected chi connectivity index (χ2v) is 6.26. The van der Waals surface area contributed by atoms with Crippen LogP contribution in [0.3, 0.4) is 0 Å². The first kappa shape index (κ1) is 16.3. The molecule has 0 aliphatic heterocycles. The molecule has 112 valence electrons. The van der Waals surface area contributed by atoms with Gasteiger partial charge in [0.2, 0.25) is 0 Å². The average Bonchev–Trinajstić information content (AvgIpc) is 2.48. The van der Waals surface area contributed by atoms with Gasteiger partial charge in [0.15, 0.2) is 0 Å². The Hall–Kier alpha value is -1.04. The fourth-order valence-electron chi connectivity index (χ4n) is 1.97. The molecule has 0 radical (unpaired) electrons. The highest BCUT2D eigenvalue weighted by molar-refractivity contribution is 9.11. The highest BCUT2D eigenvalue weighted by Gasteiger charge is 2.08. The van der Waals surface area contributed by atoms with Crippen LogP contribution in [0, 0.1) is 0 Å². The molecule has 0 fully saturated rings. The summed E-state index contributed by atoms with van der Waals surface area (Å²) in [5, 5.41) is 3.15. The Morgan fingerprint density at radius 1 is 1.00 bits per heavy atom. The minimum Gasteiger partial charge on any atom is -0.496 e. The van der Waals surface area contributed by atoms with E-state index in [0.717, 1.165) is 32.6 Å². The van der Waals surface area contributed by atoms with Gasteiger partial charge in [0.05, 0.1) is 16.1 Å². The van der Waals surface area contributed by atoms with Crippen LogP contribution in [0.4, 0.5) is 0 Å². The molecule has 0 heterocycles. The number of benzene rings is 2. The van der Waals surface area contributed by atoms with E-state index in [2.05, 4.69) is 55.4 Å². The van der Waals surface area contributed by atoms with E-state index >= 15 is 0 Å². The van der Waals surface area contributed by atoms with Crippen molar-refractivity contribution in [3.63, 3.8) is 0 Å². The van der Waals surface area contributed by atoms with Gasteiger partial charge in [-0.15, -0.1) is 0 Å². The summed E-state index contributed by atoms with van der Waals surface area (Å²) in [4.78, 5) is 0. The van der Waals surface area contributed by atoms with Crippen LogP contribution >= 0.6 is 31.9 Å². The number of nitrogens with one attached hydrogen (secondary N) is 1. The largest absolute Gasteiger partial charge is 0.496 e. The van der Waals surface area contributed by atoms with Gasteiger partial charge >= 0.3 is 0 Å². The standard InChI is InChI=1S/C16H17Br2NO2/c1-19-9-11-4-3-5-12(6-11)10-21-16-8-13(17)15(20-2)7-14(16)18/h3-8,19H,9-10H2,1-2H3. The molecule has 0 bridgehead atoms. The van der Waals surface area contributed by atoms with Crippen molar-refractivity contribution in [2.75, 3.05) is 14.2 Å². The van der Waals surface area contributed by atoms with E-state index in [4.69, 9.17) is 9.47 Å². The number of methoxy groups -OCH3 is 1. The first-order valence-electron chi connectivity index (χ1n) is 6.52. The average molecular weight is 415 g/mol. The van der Waals surface area contributed by atoms with Crippen LogP contribution in [0.25, 0.3) is 0 Å². The van der Waals surface area contributed by atoms with E-state index < -0.39 is 0 Å². The van der Waals surface area contributed by atoms with E-state index in [9.17, 15) is 0 Å². The van der Waals surface area contributed by atoms with Crippen LogP contribution in [-0.2, 0) is 13.2 Å². The molecule has 0 atom stereocenters. The summed E-state index contributed by atoms with van der Waals surface area (Å²) in [6.45, 7) is 1.38. The third-order valence-corrected chi connectivity index (χ3v) is 4.21. The lowest BCUT2D eigenvalue weighted by atomic mass is 10.1. The molecule has 2 rings (SSSR count). The summed E-state index contributed by atoms with van der Waals surface area (Å²) in [5.41, 5.74) is 2.38. The Balaban J connectivity index is 2.09. The maximum Gasteiger partial charge on any atom is 0.135 e. The van der Waals surface area contributed by atoms with Crippen LogP contribution < -0.4 is 14.8 Å². The third kappa shape index (κ3) is 4.46. The zero-order valence-electron chi connectivity index (χ0n) is 12.0. The summed E-state index contributed by atoms with van der Waals surface area (Å²) in [7, 11) is 3.58. The number of rotatable bonds is 6. The SMILES string of the molecule is CNCc1cccc(COc2cc(Br)c(OC)cc2Br)c1. The number of hydrogen-bond acceptors (Lipinski definition) is 3. The molecule has 0 aromatic heterocycles. The van der Waals surface area contributed by atoms with Crippen molar-refractivity contribution in [1.82, 2.24) is 5.32 Å². The number of hydrogen-bond donors (Lipinski definition) is 1. The molecule has 21 heavy (non-hydrogen) atoms. The fraction of sp³-hybridized carbons (Fsp3) is 0.250. The lowest BCUT2D eigenvalue weighted by Gasteiger charge is -2.12. The van der Waals surface area contributed by atoms with Crippen molar-refractivity contribution >= 4 is 31.9 Å². The fourth-order valence-corrected chi connectivity index (χ4v) is 2.89. The van der Waals surface area contributed by atoms with Crippen LogP contribution in [0.1, 0.15) is 11.1 Å². The van der Waals surface area contributed by atoms with Gasteiger partial charge in [0.25, 0.3) is 0 Å². The van der Waals surface area contributed by atoms with Crippen LogP contribution in [0.15, 0.2) is 45.3 Å². The predicted molar refractivity (Wildman–Crippen MR) is 91.9 cm³/mol. The van der Waals surface area contributed by atoms with E-state index in [1.165, 1.54) is 5.56 Å². The molecule has 0 saturated carbocycles. The van der Waals surface area contributed by atoms with Crippen LogP contribution in [0.5, 0.6) is 11.5 Å². The topological polar surface area (TPSA) is 30.5 Å². The molecule has 0 spiro atoms. The van der Waals surface area contributed by atoms with E-state index in [1.54, 1.807) is 7.11 Å². The predicted octanol–water partition coefficient (Wildman–Crippen LogP) is 4.52. The smallest absolute Gasteiger partial charge is 0.135 e. The Kier molecular flexibility index (Phi) is 6.08. The molecule has 0 aliphatic carbocycles. The van der Waals surface area contributed by atoms with Crippen molar-refractivity contribution in [2.45, 2.75) is 13.2 Å². The molecule has 2 aromatic rings. The Morgan fingerprint density at radius 3 is 2.38 bits per heavy atom. The van der Waals surface area contributed by atoms with Gasteiger partial charge < -0.3 is 14.8 Å². The third-order valence-electron chi connectivity index (χ3n) is 2.97. The first-order chi connectivity index (χ1) is 10.1. The summed E-state index contributed by atoms with van der Waals surface area (Å²) in [5.74, 6) is 1.55. The van der Waals surface area contributed by atoms with Crippen LogP contribution in [-0.4, -0.2) is 14.2 Å². The summed E-state index contributed by atoms with van der Waals surface area (Å²) in [6.07, 6.45) is 0. The summed E-state index contributed by atoms with van der Waals surface area (Å²) >= 11 is 6.96. The Bertz CT molecular complexity index is 617. The molecule has 0 saturated heterocycles. The molecule has 0 amide bonds. The number of halogens is 2. The quantitative estimate of drug-likeness (QED) is 0.753.